The number of alkyl halides is 3. The van der Waals surface area contributed by atoms with Crippen LogP contribution in [0.3, 0.4) is 0 Å². The Morgan fingerprint density at radius 2 is 1.93 bits per heavy atom. The second-order valence-corrected chi connectivity index (χ2v) is 12.2. The highest BCUT2D eigenvalue weighted by Gasteiger charge is 2.40. The van der Waals surface area contributed by atoms with E-state index in [0.717, 1.165) is 24.7 Å². The number of amidine groups is 1. The molecule has 0 spiro atoms. The molecule has 1 unspecified atom stereocenters. The zero-order chi connectivity index (χ0) is 30.8. The van der Waals surface area contributed by atoms with Crippen LogP contribution in [0.1, 0.15) is 42.6 Å². The van der Waals surface area contributed by atoms with Crippen molar-refractivity contribution in [2.24, 2.45) is 4.99 Å². The Labute approximate surface area is 241 Å². The number of aryl methyl sites for hydroxylation is 1. The Morgan fingerprint density at radius 3 is 2.48 bits per heavy atom. The summed E-state index contributed by atoms with van der Waals surface area (Å²) in [6.45, 7) is 2.70. The predicted octanol–water partition coefficient (Wildman–Crippen LogP) is 4.57. The van der Waals surface area contributed by atoms with Crippen molar-refractivity contribution >= 4 is 33.4 Å². The maximum absolute atomic E-state index is 13.8. The topological polar surface area (TPSA) is 146 Å². The number of methoxy groups -OCH3 is 1. The Balaban J connectivity index is 1.78. The Morgan fingerprint density at radius 1 is 1.26 bits per heavy atom. The predicted molar refractivity (Wildman–Crippen MR) is 152 cm³/mol. The minimum atomic E-state index is -4.58. The van der Waals surface area contributed by atoms with E-state index in [1.165, 1.54) is 26.7 Å². The highest BCUT2D eigenvalue weighted by Crippen LogP contribution is 2.46. The van der Waals surface area contributed by atoms with E-state index in [9.17, 15) is 22.2 Å². The van der Waals surface area contributed by atoms with Crippen LogP contribution in [0.25, 0.3) is 11.4 Å². The lowest BCUT2D eigenvalue weighted by Gasteiger charge is -2.29. The molecule has 1 fully saturated rings. The quantitative estimate of drug-likeness (QED) is 0.193. The fraction of sp³-hybridized carbons (Fsp3) is 0.407. The van der Waals surface area contributed by atoms with Gasteiger partial charge in [0, 0.05) is 30.7 Å². The molecule has 0 bridgehead atoms. The first kappa shape index (κ1) is 30.8. The van der Waals surface area contributed by atoms with Gasteiger partial charge in [0.2, 0.25) is 5.88 Å². The number of anilines is 1. The summed E-state index contributed by atoms with van der Waals surface area (Å²) in [6.07, 6.45) is 0.326. The number of hydrogen-bond acceptors (Lipinski definition) is 10. The summed E-state index contributed by atoms with van der Waals surface area (Å²) in [5, 5.41) is 2.87. The Hall–Kier alpha value is -4.14. The van der Waals surface area contributed by atoms with Crippen LogP contribution in [0.15, 0.2) is 40.5 Å². The third-order valence-electron chi connectivity index (χ3n) is 6.84. The van der Waals surface area contributed by atoms with E-state index in [2.05, 4.69) is 30.2 Å². The number of aldehydes is 1. The third-order valence-corrected chi connectivity index (χ3v) is 8.01. The molecule has 2 aromatic heterocycles. The van der Waals surface area contributed by atoms with Gasteiger partial charge in [-0.25, -0.2) is 33.9 Å². The molecule has 0 saturated heterocycles. The third kappa shape index (κ3) is 6.83. The molecule has 2 atom stereocenters. The lowest BCUT2D eigenvalue weighted by atomic mass is 10.1. The number of ether oxygens (including phenoxy) is 1. The number of carbonyl (C=O) groups is 1. The minimum absolute atomic E-state index is 0.0222. The number of halogens is 3. The molecule has 1 aliphatic carbocycles. The molecule has 3 aromatic rings. The van der Waals surface area contributed by atoms with Crippen molar-refractivity contribution in [3.8, 4) is 17.3 Å². The second-order valence-electron chi connectivity index (χ2n) is 10.0. The maximum Gasteiger partial charge on any atom is 0.408 e. The first-order valence-electron chi connectivity index (χ1n) is 12.9. The van der Waals surface area contributed by atoms with Gasteiger partial charge in [-0.15, -0.1) is 0 Å². The van der Waals surface area contributed by atoms with Crippen molar-refractivity contribution in [2.75, 3.05) is 25.3 Å². The summed E-state index contributed by atoms with van der Waals surface area (Å²) in [5.74, 6) is 0.120. The van der Waals surface area contributed by atoms with Crippen LogP contribution in [0, 0.1) is 11.7 Å². The lowest BCUT2D eigenvalue weighted by molar-refractivity contribution is -0.144. The van der Waals surface area contributed by atoms with Crippen LogP contribution in [0.5, 0.6) is 5.88 Å². The molecule has 224 valence electrons. The molecule has 0 aliphatic heterocycles. The number of hydrogen-bond donors (Lipinski definition) is 2. The van der Waals surface area contributed by atoms with Crippen LogP contribution in [-0.2, 0) is 21.1 Å². The van der Waals surface area contributed by atoms with E-state index < -0.39 is 21.9 Å². The highest BCUT2D eigenvalue weighted by atomic mass is 32.2. The van der Waals surface area contributed by atoms with Crippen molar-refractivity contribution in [2.45, 2.75) is 56.3 Å². The van der Waals surface area contributed by atoms with Crippen molar-refractivity contribution < 1.29 is 26.9 Å². The van der Waals surface area contributed by atoms with E-state index in [-0.39, 0.29) is 47.2 Å². The molecule has 4 rings (SSSR count). The van der Waals surface area contributed by atoms with E-state index in [4.69, 9.17) is 9.52 Å². The first-order chi connectivity index (χ1) is 19.7. The number of nitrogens with zero attached hydrogens (tertiary/aromatic N) is 6. The molecule has 2 heterocycles. The van der Waals surface area contributed by atoms with Gasteiger partial charge < -0.3 is 15.0 Å². The number of rotatable bonds is 10. The number of aromatic nitrogens is 4. The zero-order valence-electron chi connectivity index (χ0n) is 23.7. The monoisotopic (exact) mass is 604 g/mol. The molecule has 1 aliphatic rings. The lowest BCUT2D eigenvalue weighted by Crippen LogP contribution is -2.41. The number of aliphatic imine (C=N–C) groups is 1. The average molecular weight is 605 g/mol. The van der Waals surface area contributed by atoms with Gasteiger partial charge >= 0.3 is 6.18 Å². The molecule has 0 radical (unpaired) electrons. The number of carbonyl (C=O) groups excluding carboxylic acids is 1. The van der Waals surface area contributed by atoms with Crippen molar-refractivity contribution in [3.05, 3.63) is 47.5 Å². The van der Waals surface area contributed by atoms with Gasteiger partial charge in [-0.1, -0.05) is 12.1 Å². The summed E-state index contributed by atoms with van der Waals surface area (Å²) in [5.41, 5.74) is 1.96. The van der Waals surface area contributed by atoms with Gasteiger partial charge in [0.25, 0.3) is 0 Å². The fourth-order valence-electron chi connectivity index (χ4n) is 4.14. The summed E-state index contributed by atoms with van der Waals surface area (Å²) in [7, 11) is -0.205. The molecule has 15 heteroatoms. The first-order valence-corrected chi connectivity index (χ1v) is 14.9. The molecule has 11 nitrogen and oxygen atoms in total. The maximum atomic E-state index is 13.8. The minimum Gasteiger partial charge on any atom is -0.480 e. The van der Waals surface area contributed by atoms with Crippen molar-refractivity contribution in [1.82, 2.24) is 25.3 Å². The van der Waals surface area contributed by atoms with Gasteiger partial charge in [-0.2, -0.15) is 13.2 Å². The van der Waals surface area contributed by atoms with Crippen LogP contribution in [0.2, 0.25) is 0 Å². The van der Waals surface area contributed by atoms with Gasteiger partial charge in [0.15, 0.2) is 23.8 Å². The van der Waals surface area contributed by atoms with Crippen LogP contribution in [-0.4, -0.2) is 68.9 Å². The Bertz CT molecular complexity index is 1610. The van der Waals surface area contributed by atoms with Crippen molar-refractivity contribution in [3.63, 3.8) is 0 Å². The van der Waals surface area contributed by atoms with Gasteiger partial charge in [-0.3, -0.25) is 4.79 Å². The molecule has 1 saturated carbocycles. The van der Waals surface area contributed by atoms with Gasteiger partial charge in [0.05, 0.1) is 28.2 Å². The molecule has 2 N–H and O–H groups in total. The van der Waals surface area contributed by atoms with E-state index in [1.807, 2.05) is 0 Å². The van der Waals surface area contributed by atoms with Crippen LogP contribution >= 0.6 is 0 Å². The van der Waals surface area contributed by atoms with Crippen molar-refractivity contribution in [1.29, 1.82) is 4.78 Å². The highest BCUT2D eigenvalue weighted by molar-refractivity contribution is 7.91. The molecular weight excluding hydrogens is 573 g/mol. The summed E-state index contributed by atoms with van der Waals surface area (Å²) in [6, 6.07) is 4.49. The zero-order valence-corrected chi connectivity index (χ0v) is 24.5. The second kappa shape index (κ2) is 12.0. The molecule has 42 heavy (non-hydrogen) atoms. The van der Waals surface area contributed by atoms with E-state index in [0.29, 0.717) is 28.0 Å². The number of benzene rings is 1. The molecule has 0 amide bonds. The summed E-state index contributed by atoms with van der Waals surface area (Å²) < 4.78 is 66.5. The molecular formula is C27H31F3N8O3S. The van der Waals surface area contributed by atoms with E-state index in [1.54, 1.807) is 31.2 Å². The average Bonchev–Trinajstić information content (AvgIpc) is 3.79. The Kier molecular flexibility index (Phi) is 8.80. The fourth-order valence-corrected chi connectivity index (χ4v) is 4.80. The molecule has 1 aromatic carbocycles. The van der Waals surface area contributed by atoms with Crippen LogP contribution < -0.4 is 15.0 Å². The largest absolute Gasteiger partial charge is 0.480 e. The smallest absolute Gasteiger partial charge is 0.408 e. The van der Waals surface area contributed by atoms with E-state index >= 15 is 0 Å². The van der Waals surface area contributed by atoms with Gasteiger partial charge in [0.1, 0.15) is 23.6 Å². The van der Waals surface area contributed by atoms with Gasteiger partial charge in [-0.05, 0) is 44.4 Å². The standard InChI is InChI=1S/C27H31F3N8O3S/c1-15-22(36-20(13-39)32-12-17-6-10-19(11-7-17)42(5,31)40)25(38(3)16(2)27(28,29)30)37-24(35-15)21-23(18-8-9-18)33-14-34-26(21)41-4/h6-7,10-11,13-14,16,18,31H,8-9,12H2,1-5H3,(H,32,36)/t16-,42?/m0/s1. The number of nitrogens with one attached hydrogen (secondary N) is 2. The normalized spacial score (nSPS) is 16.0. The van der Waals surface area contributed by atoms with Crippen LogP contribution in [0.4, 0.5) is 24.7 Å². The SMILES string of the molecule is COc1ncnc(C2CC2)c1-c1nc(C)c(/N=C(\C=O)NCc2ccc(S(C)(=N)=O)cc2)c(N(C)[C@@H](C)C(F)(F)F)n1. The summed E-state index contributed by atoms with van der Waals surface area (Å²) in [4.78, 5) is 35.2. The summed E-state index contributed by atoms with van der Waals surface area (Å²) >= 11 is 0.